The molecule has 0 aromatic carbocycles. The molecule has 1 aliphatic rings. The number of hydrogen-bond donors (Lipinski definition) is 2. The minimum absolute atomic E-state index is 0.251. The first-order valence-electron chi connectivity index (χ1n) is 6.30. The predicted molar refractivity (Wildman–Crippen MR) is 64.7 cm³/mol. The van der Waals surface area contributed by atoms with Crippen molar-refractivity contribution in [2.24, 2.45) is 11.8 Å². The Kier molecular flexibility index (Phi) is 4.02. The van der Waals surface area contributed by atoms with Gasteiger partial charge in [-0.05, 0) is 25.3 Å². The molecule has 0 aliphatic heterocycles. The van der Waals surface area contributed by atoms with E-state index in [0.717, 1.165) is 18.1 Å². The molecule has 1 aromatic heterocycles. The largest absolute Gasteiger partial charge is 0.469 e. The monoisotopic (exact) mass is 222 g/mol. The second-order valence-electron chi connectivity index (χ2n) is 4.95. The van der Waals surface area contributed by atoms with Crippen LogP contribution >= 0.6 is 0 Å². The third-order valence-corrected chi connectivity index (χ3v) is 3.65. The second-order valence-corrected chi connectivity index (χ2v) is 4.95. The van der Waals surface area contributed by atoms with Crippen molar-refractivity contribution in [2.45, 2.75) is 51.5 Å². The average Bonchev–Trinajstić information content (AvgIpc) is 2.74. The third kappa shape index (κ3) is 2.86. The molecule has 0 amide bonds. The molecule has 3 heteroatoms. The van der Waals surface area contributed by atoms with Gasteiger partial charge < -0.3 is 4.42 Å². The average molecular weight is 222 g/mol. The molecule has 3 nitrogen and oxygen atoms in total. The molecule has 2 rings (SSSR count). The molecule has 16 heavy (non-hydrogen) atoms. The molecule has 0 saturated heterocycles. The zero-order valence-electron chi connectivity index (χ0n) is 10.0. The first-order chi connectivity index (χ1) is 7.79. The highest BCUT2D eigenvalue weighted by Crippen LogP contribution is 2.31. The maximum atomic E-state index is 5.64. The van der Waals surface area contributed by atoms with Crippen molar-refractivity contribution >= 4 is 0 Å². The van der Waals surface area contributed by atoms with E-state index in [1.165, 1.54) is 37.7 Å². The lowest BCUT2D eigenvalue weighted by Crippen LogP contribution is -2.29. The summed E-state index contributed by atoms with van der Waals surface area (Å²) in [6, 6.07) is 2.33. The second kappa shape index (κ2) is 5.51. The van der Waals surface area contributed by atoms with Gasteiger partial charge in [-0.3, -0.25) is 11.3 Å². The van der Waals surface area contributed by atoms with E-state index in [2.05, 4.69) is 11.5 Å². The van der Waals surface area contributed by atoms with E-state index in [9.17, 15) is 0 Å². The summed E-state index contributed by atoms with van der Waals surface area (Å²) in [6.07, 6.45) is 9.84. The fraction of sp³-hybridized carbons (Fsp3) is 0.692. The van der Waals surface area contributed by atoms with Crippen LogP contribution in [0.4, 0.5) is 0 Å². The molecule has 1 saturated carbocycles. The fourth-order valence-electron chi connectivity index (χ4n) is 2.70. The SMILES string of the molecule is Cc1cc(C(CC2CCCCC2)NN)co1. The van der Waals surface area contributed by atoms with Crippen molar-refractivity contribution in [1.82, 2.24) is 5.43 Å². The van der Waals surface area contributed by atoms with Gasteiger partial charge in [0.2, 0.25) is 0 Å². The van der Waals surface area contributed by atoms with Crippen LogP contribution in [0, 0.1) is 12.8 Å². The Hall–Kier alpha value is -0.800. The molecule has 1 atom stereocenters. The van der Waals surface area contributed by atoms with Crippen molar-refractivity contribution in [3.63, 3.8) is 0 Å². The minimum Gasteiger partial charge on any atom is -0.469 e. The summed E-state index contributed by atoms with van der Waals surface area (Å²) < 4.78 is 5.34. The van der Waals surface area contributed by atoms with Crippen LogP contribution in [-0.4, -0.2) is 0 Å². The van der Waals surface area contributed by atoms with Gasteiger partial charge in [-0.15, -0.1) is 0 Å². The smallest absolute Gasteiger partial charge is 0.101 e. The predicted octanol–water partition coefficient (Wildman–Crippen LogP) is 3.06. The van der Waals surface area contributed by atoms with Crippen LogP contribution in [0.5, 0.6) is 0 Å². The van der Waals surface area contributed by atoms with Crippen LogP contribution in [0.3, 0.4) is 0 Å². The lowest BCUT2D eigenvalue weighted by atomic mass is 9.84. The number of hydrazine groups is 1. The zero-order valence-corrected chi connectivity index (χ0v) is 10.0. The summed E-state index contributed by atoms with van der Waals surface area (Å²) >= 11 is 0. The summed E-state index contributed by atoms with van der Waals surface area (Å²) in [4.78, 5) is 0. The van der Waals surface area contributed by atoms with Gasteiger partial charge in [0.25, 0.3) is 0 Å². The highest BCUT2D eigenvalue weighted by molar-refractivity contribution is 5.16. The van der Waals surface area contributed by atoms with Crippen LogP contribution in [0.15, 0.2) is 16.7 Å². The van der Waals surface area contributed by atoms with E-state index in [0.29, 0.717) is 0 Å². The van der Waals surface area contributed by atoms with E-state index in [1.54, 1.807) is 0 Å². The summed E-state index contributed by atoms with van der Waals surface area (Å²) in [6.45, 7) is 1.97. The summed E-state index contributed by atoms with van der Waals surface area (Å²) in [5, 5.41) is 0. The molecule has 1 unspecified atom stereocenters. The van der Waals surface area contributed by atoms with Gasteiger partial charge in [-0.2, -0.15) is 0 Å². The quantitative estimate of drug-likeness (QED) is 0.608. The fourth-order valence-corrected chi connectivity index (χ4v) is 2.70. The van der Waals surface area contributed by atoms with Crippen LogP contribution in [0.25, 0.3) is 0 Å². The minimum atomic E-state index is 0.251. The van der Waals surface area contributed by atoms with E-state index < -0.39 is 0 Å². The highest BCUT2D eigenvalue weighted by Gasteiger charge is 2.20. The van der Waals surface area contributed by atoms with Gasteiger partial charge in [0, 0.05) is 11.6 Å². The van der Waals surface area contributed by atoms with Crippen molar-refractivity contribution in [3.8, 4) is 0 Å². The molecule has 1 aliphatic carbocycles. The van der Waals surface area contributed by atoms with Crippen LogP contribution in [0.2, 0.25) is 0 Å². The van der Waals surface area contributed by atoms with Gasteiger partial charge in [0.05, 0.1) is 6.26 Å². The van der Waals surface area contributed by atoms with Gasteiger partial charge >= 0.3 is 0 Å². The topological polar surface area (TPSA) is 51.2 Å². The number of aryl methyl sites for hydroxylation is 1. The van der Waals surface area contributed by atoms with E-state index in [4.69, 9.17) is 10.3 Å². The molecule has 1 heterocycles. The molecular weight excluding hydrogens is 200 g/mol. The summed E-state index contributed by atoms with van der Waals surface area (Å²) in [5.41, 5.74) is 4.10. The Morgan fingerprint density at radius 3 is 2.75 bits per heavy atom. The maximum absolute atomic E-state index is 5.64. The summed E-state index contributed by atoms with van der Waals surface area (Å²) in [5.74, 6) is 7.42. The normalized spacial score (nSPS) is 19.9. The van der Waals surface area contributed by atoms with Gasteiger partial charge in [-0.25, -0.2) is 0 Å². The molecule has 1 aromatic rings. The Morgan fingerprint density at radius 2 is 2.19 bits per heavy atom. The van der Waals surface area contributed by atoms with E-state index in [-0.39, 0.29) is 6.04 Å². The molecule has 0 radical (unpaired) electrons. The zero-order chi connectivity index (χ0) is 11.4. The number of hydrogen-bond acceptors (Lipinski definition) is 3. The van der Waals surface area contributed by atoms with Crippen LogP contribution in [0.1, 0.15) is 55.9 Å². The third-order valence-electron chi connectivity index (χ3n) is 3.65. The molecular formula is C13H22N2O. The van der Waals surface area contributed by atoms with Crippen molar-refractivity contribution in [2.75, 3.05) is 0 Å². The van der Waals surface area contributed by atoms with E-state index >= 15 is 0 Å². The van der Waals surface area contributed by atoms with Crippen molar-refractivity contribution < 1.29 is 4.42 Å². The molecule has 0 bridgehead atoms. The van der Waals surface area contributed by atoms with Crippen molar-refractivity contribution in [1.29, 1.82) is 0 Å². The number of nitrogens with two attached hydrogens (primary N) is 1. The highest BCUT2D eigenvalue weighted by atomic mass is 16.3. The number of nitrogens with one attached hydrogen (secondary N) is 1. The molecule has 1 fully saturated rings. The molecule has 0 spiro atoms. The van der Waals surface area contributed by atoms with Gasteiger partial charge in [-0.1, -0.05) is 32.1 Å². The molecule has 90 valence electrons. The lowest BCUT2D eigenvalue weighted by Gasteiger charge is -2.25. The first kappa shape index (κ1) is 11.7. The molecule has 3 N–H and O–H groups in total. The number of rotatable bonds is 4. The number of furan rings is 1. The van der Waals surface area contributed by atoms with E-state index in [1.807, 2.05) is 13.2 Å². The van der Waals surface area contributed by atoms with Crippen molar-refractivity contribution in [3.05, 3.63) is 23.7 Å². The Balaban J connectivity index is 1.94. The van der Waals surface area contributed by atoms with Crippen LogP contribution in [-0.2, 0) is 0 Å². The maximum Gasteiger partial charge on any atom is 0.101 e. The Labute approximate surface area is 97.4 Å². The first-order valence-corrected chi connectivity index (χ1v) is 6.30. The Bertz CT molecular complexity index is 315. The van der Waals surface area contributed by atoms with Gasteiger partial charge in [0.15, 0.2) is 0 Å². The van der Waals surface area contributed by atoms with Gasteiger partial charge in [0.1, 0.15) is 5.76 Å². The standard InChI is InChI=1S/C13H22N2O/c1-10-7-12(9-16-10)13(15-14)8-11-5-3-2-4-6-11/h7,9,11,13,15H,2-6,8,14H2,1H3. The lowest BCUT2D eigenvalue weighted by molar-refractivity contribution is 0.300. The Morgan fingerprint density at radius 1 is 1.44 bits per heavy atom. The summed E-state index contributed by atoms with van der Waals surface area (Å²) in [7, 11) is 0. The van der Waals surface area contributed by atoms with Crippen LogP contribution < -0.4 is 11.3 Å².